The van der Waals surface area contributed by atoms with Crippen molar-refractivity contribution in [2.24, 2.45) is 5.92 Å². The molecule has 1 aliphatic heterocycles. The summed E-state index contributed by atoms with van der Waals surface area (Å²) in [5, 5.41) is 11.7. The molecule has 2 N–H and O–H groups in total. The third-order valence-corrected chi connectivity index (χ3v) is 3.41. The normalized spacial score (nSPS) is 25.2. The molecule has 19 heavy (non-hydrogen) atoms. The van der Waals surface area contributed by atoms with E-state index < -0.39 is 12.0 Å². The number of rotatable bonds is 4. The number of aliphatic carboxylic acids is 1. The molecule has 0 bridgehead atoms. The molecule has 1 rings (SSSR count). The molecule has 0 aromatic rings. The van der Waals surface area contributed by atoms with Gasteiger partial charge in [-0.05, 0) is 19.3 Å². The van der Waals surface area contributed by atoms with Crippen LogP contribution in [0, 0.1) is 5.92 Å². The van der Waals surface area contributed by atoms with Gasteiger partial charge in [0.25, 0.3) is 0 Å². The first-order chi connectivity index (χ1) is 8.86. The number of carbonyl (C=O) groups excluding carboxylic acids is 1. The van der Waals surface area contributed by atoms with Crippen molar-refractivity contribution in [3.05, 3.63) is 0 Å². The minimum Gasteiger partial charge on any atom is -0.480 e. The zero-order chi connectivity index (χ0) is 14.6. The number of urea groups is 1. The minimum absolute atomic E-state index is 0.0119. The van der Waals surface area contributed by atoms with Gasteiger partial charge in [0.2, 0.25) is 0 Å². The van der Waals surface area contributed by atoms with Gasteiger partial charge >= 0.3 is 12.0 Å². The number of amides is 2. The Morgan fingerprint density at radius 3 is 2.58 bits per heavy atom. The Balaban J connectivity index is 2.71. The molecule has 6 nitrogen and oxygen atoms in total. The summed E-state index contributed by atoms with van der Waals surface area (Å²) < 4.78 is 5.52. The molecule has 0 aliphatic carbocycles. The van der Waals surface area contributed by atoms with Crippen LogP contribution in [0.15, 0.2) is 0 Å². The van der Waals surface area contributed by atoms with Crippen molar-refractivity contribution in [3.8, 4) is 0 Å². The molecule has 0 radical (unpaired) electrons. The molecular formula is C13H24N2O4. The third-order valence-electron chi connectivity index (χ3n) is 3.41. The molecule has 1 saturated heterocycles. The summed E-state index contributed by atoms with van der Waals surface area (Å²) in [5.74, 6) is -1.15. The zero-order valence-electron chi connectivity index (χ0n) is 12.0. The highest BCUT2D eigenvalue weighted by atomic mass is 16.5. The van der Waals surface area contributed by atoms with Crippen LogP contribution in [0.5, 0.6) is 0 Å². The number of carboxylic acids is 1. The van der Waals surface area contributed by atoms with E-state index in [1.165, 1.54) is 0 Å². The highest BCUT2D eigenvalue weighted by molar-refractivity contribution is 5.83. The van der Waals surface area contributed by atoms with Crippen molar-refractivity contribution < 1.29 is 19.4 Å². The number of hydrogen-bond acceptors (Lipinski definition) is 3. The maximum absolute atomic E-state index is 12.2. The lowest BCUT2D eigenvalue weighted by Crippen LogP contribution is -2.57. The monoisotopic (exact) mass is 272 g/mol. The van der Waals surface area contributed by atoms with Gasteiger partial charge in [-0.3, -0.25) is 0 Å². The summed E-state index contributed by atoms with van der Waals surface area (Å²) >= 11 is 0. The Hall–Kier alpha value is -1.30. The van der Waals surface area contributed by atoms with E-state index in [1.807, 2.05) is 13.8 Å². The third kappa shape index (κ3) is 4.09. The fourth-order valence-electron chi connectivity index (χ4n) is 2.16. The summed E-state index contributed by atoms with van der Waals surface area (Å²) in [6.07, 6.45) is 0.774. The average Bonchev–Trinajstić information content (AvgIpc) is 2.34. The van der Waals surface area contributed by atoms with Gasteiger partial charge in [-0.15, -0.1) is 0 Å². The molecule has 3 atom stereocenters. The van der Waals surface area contributed by atoms with Crippen LogP contribution in [0.1, 0.15) is 34.1 Å². The van der Waals surface area contributed by atoms with Gasteiger partial charge in [0.1, 0.15) is 6.04 Å². The number of carbonyl (C=O) groups is 2. The lowest BCUT2D eigenvalue weighted by molar-refractivity contribution is -0.140. The van der Waals surface area contributed by atoms with Crippen molar-refractivity contribution in [3.63, 3.8) is 0 Å². The molecule has 6 heteroatoms. The number of hydrogen-bond donors (Lipinski definition) is 2. The van der Waals surface area contributed by atoms with Gasteiger partial charge in [-0.2, -0.15) is 0 Å². The van der Waals surface area contributed by atoms with Crippen LogP contribution in [0.25, 0.3) is 0 Å². The van der Waals surface area contributed by atoms with Crippen LogP contribution < -0.4 is 5.32 Å². The summed E-state index contributed by atoms with van der Waals surface area (Å²) in [5.41, 5.74) is 0. The van der Waals surface area contributed by atoms with Crippen LogP contribution in [0.4, 0.5) is 4.79 Å². The molecule has 0 aromatic heterocycles. The molecule has 110 valence electrons. The highest BCUT2D eigenvalue weighted by Crippen LogP contribution is 2.15. The molecule has 1 heterocycles. The summed E-state index contributed by atoms with van der Waals surface area (Å²) in [6.45, 7) is 8.45. The fraction of sp³-hybridized carbons (Fsp3) is 0.846. The smallest absolute Gasteiger partial charge is 0.326 e. The number of carboxylic acid groups (broad SMARTS) is 1. The average molecular weight is 272 g/mol. The Morgan fingerprint density at radius 2 is 2.11 bits per heavy atom. The molecule has 0 aromatic carbocycles. The zero-order valence-corrected chi connectivity index (χ0v) is 12.0. The van der Waals surface area contributed by atoms with E-state index in [-0.39, 0.29) is 24.1 Å². The van der Waals surface area contributed by atoms with Crippen LogP contribution >= 0.6 is 0 Å². The quantitative estimate of drug-likeness (QED) is 0.808. The van der Waals surface area contributed by atoms with E-state index in [9.17, 15) is 9.59 Å². The molecule has 1 aliphatic rings. The van der Waals surface area contributed by atoms with E-state index in [4.69, 9.17) is 9.84 Å². The highest BCUT2D eigenvalue weighted by Gasteiger charge is 2.32. The molecule has 0 spiro atoms. The standard InChI is InChI=1S/C13H24N2O4/c1-5-10-7-19-9(4)6-15(10)13(18)14-11(8(2)3)12(16)17/h8-11H,5-7H2,1-4H3,(H,14,18)(H,16,17). The van der Waals surface area contributed by atoms with E-state index in [1.54, 1.807) is 18.7 Å². The second-order valence-corrected chi connectivity index (χ2v) is 5.37. The largest absolute Gasteiger partial charge is 0.480 e. The maximum atomic E-state index is 12.2. The van der Waals surface area contributed by atoms with Gasteiger partial charge in [-0.25, -0.2) is 9.59 Å². The first kappa shape index (κ1) is 15.8. The van der Waals surface area contributed by atoms with Crippen molar-refractivity contribution in [1.29, 1.82) is 0 Å². The van der Waals surface area contributed by atoms with Gasteiger partial charge in [0.15, 0.2) is 0 Å². The molecule has 2 amide bonds. The van der Waals surface area contributed by atoms with Crippen LogP contribution in [-0.4, -0.2) is 53.3 Å². The van der Waals surface area contributed by atoms with Crippen LogP contribution in [-0.2, 0) is 9.53 Å². The summed E-state index contributed by atoms with van der Waals surface area (Å²) in [7, 11) is 0. The van der Waals surface area contributed by atoms with Crippen LogP contribution in [0.3, 0.4) is 0 Å². The van der Waals surface area contributed by atoms with Crippen LogP contribution in [0.2, 0.25) is 0 Å². The maximum Gasteiger partial charge on any atom is 0.326 e. The van der Waals surface area contributed by atoms with Gasteiger partial charge in [0, 0.05) is 6.54 Å². The molecular weight excluding hydrogens is 248 g/mol. The minimum atomic E-state index is -1.00. The lowest BCUT2D eigenvalue weighted by atomic mass is 10.0. The molecule has 0 saturated carbocycles. The number of nitrogens with zero attached hydrogens (tertiary/aromatic N) is 1. The Bertz CT molecular complexity index is 333. The van der Waals surface area contributed by atoms with E-state index in [2.05, 4.69) is 5.32 Å². The van der Waals surface area contributed by atoms with Crippen molar-refractivity contribution >= 4 is 12.0 Å². The molecule has 3 unspecified atom stereocenters. The van der Waals surface area contributed by atoms with E-state index >= 15 is 0 Å². The summed E-state index contributed by atoms with van der Waals surface area (Å²) in [6, 6.07) is -1.16. The predicted octanol–water partition coefficient (Wildman–Crippen LogP) is 1.30. The van der Waals surface area contributed by atoms with Crippen molar-refractivity contribution in [2.75, 3.05) is 13.2 Å². The van der Waals surface area contributed by atoms with Gasteiger partial charge in [-0.1, -0.05) is 20.8 Å². The first-order valence-electron chi connectivity index (χ1n) is 6.78. The number of morpholine rings is 1. The van der Waals surface area contributed by atoms with Crippen molar-refractivity contribution in [1.82, 2.24) is 10.2 Å². The molecule has 1 fully saturated rings. The summed E-state index contributed by atoms with van der Waals surface area (Å²) in [4.78, 5) is 25.0. The SMILES string of the molecule is CCC1COC(C)CN1C(=O)NC(C(=O)O)C(C)C. The predicted molar refractivity (Wildman–Crippen MR) is 71.0 cm³/mol. The fourth-order valence-corrected chi connectivity index (χ4v) is 2.16. The topological polar surface area (TPSA) is 78.9 Å². The second kappa shape index (κ2) is 6.75. The Kier molecular flexibility index (Phi) is 5.60. The Morgan fingerprint density at radius 1 is 1.47 bits per heavy atom. The lowest BCUT2D eigenvalue weighted by Gasteiger charge is -2.38. The first-order valence-corrected chi connectivity index (χ1v) is 6.78. The van der Waals surface area contributed by atoms with E-state index in [0.29, 0.717) is 13.2 Å². The second-order valence-electron chi connectivity index (χ2n) is 5.37. The number of ether oxygens (including phenoxy) is 1. The Labute approximate surface area is 114 Å². The van der Waals surface area contributed by atoms with Gasteiger partial charge in [0.05, 0.1) is 18.8 Å². The van der Waals surface area contributed by atoms with Crippen molar-refractivity contribution in [2.45, 2.75) is 52.3 Å². The van der Waals surface area contributed by atoms with E-state index in [0.717, 1.165) is 6.42 Å². The number of nitrogens with one attached hydrogen (secondary N) is 1. The van der Waals surface area contributed by atoms with Gasteiger partial charge < -0.3 is 20.1 Å².